The lowest BCUT2D eigenvalue weighted by Crippen LogP contribution is -2.39. The van der Waals surface area contributed by atoms with Crippen LogP contribution < -0.4 is 10.1 Å². The van der Waals surface area contributed by atoms with Gasteiger partial charge in [0.05, 0.1) is 4.47 Å². The number of hydrogen-bond acceptors (Lipinski definition) is 2. The topological polar surface area (TPSA) is 21.3 Å². The predicted octanol–water partition coefficient (Wildman–Crippen LogP) is 3.41. The van der Waals surface area contributed by atoms with Gasteiger partial charge in [0.1, 0.15) is 17.2 Å². The van der Waals surface area contributed by atoms with E-state index in [1.54, 1.807) is 6.07 Å². The van der Waals surface area contributed by atoms with Crippen molar-refractivity contribution >= 4 is 15.9 Å². The average Bonchev–Trinajstić information content (AvgIpc) is 2.21. The number of fused-ring (bicyclic) bond motifs is 1. The second kappa shape index (κ2) is 4.00. The molecule has 0 aliphatic carbocycles. The fraction of sp³-hybridized carbons (Fsp3) is 0.500. The summed E-state index contributed by atoms with van der Waals surface area (Å²) in [6.45, 7) is 4.02. The molecule has 1 N–H and O–H groups in total. The summed E-state index contributed by atoms with van der Waals surface area (Å²) in [6, 6.07) is 3.15. The third-order valence-electron chi connectivity index (χ3n) is 2.87. The van der Waals surface area contributed by atoms with E-state index >= 15 is 0 Å². The summed E-state index contributed by atoms with van der Waals surface area (Å²) in [7, 11) is 1.84. The molecule has 1 aliphatic rings. The van der Waals surface area contributed by atoms with Gasteiger partial charge in [-0.3, -0.25) is 0 Å². The van der Waals surface area contributed by atoms with Crippen molar-refractivity contribution in [3.63, 3.8) is 0 Å². The molecule has 1 unspecified atom stereocenters. The van der Waals surface area contributed by atoms with Crippen LogP contribution in [0.15, 0.2) is 16.6 Å². The Balaban J connectivity index is 2.58. The molecule has 0 radical (unpaired) electrons. The molecule has 1 atom stereocenters. The number of benzene rings is 1. The lowest BCUT2D eigenvalue weighted by Gasteiger charge is -2.38. The minimum Gasteiger partial charge on any atom is -0.486 e. The van der Waals surface area contributed by atoms with Gasteiger partial charge >= 0.3 is 0 Å². The van der Waals surface area contributed by atoms with Crippen LogP contribution in [0.2, 0.25) is 0 Å². The molecular weight excluding hydrogens is 273 g/mol. The van der Waals surface area contributed by atoms with Crippen molar-refractivity contribution in [1.82, 2.24) is 5.32 Å². The van der Waals surface area contributed by atoms with E-state index in [2.05, 4.69) is 21.2 Å². The van der Waals surface area contributed by atoms with Crippen LogP contribution in [-0.2, 0) is 0 Å². The Kier molecular flexibility index (Phi) is 2.97. The molecule has 1 aromatic carbocycles. The van der Waals surface area contributed by atoms with Gasteiger partial charge in [0.25, 0.3) is 0 Å². The van der Waals surface area contributed by atoms with E-state index < -0.39 is 0 Å². The van der Waals surface area contributed by atoms with E-state index in [4.69, 9.17) is 4.74 Å². The Bertz CT molecular complexity index is 420. The Morgan fingerprint density at radius 1 is 1.50 bits per heavy atom. The lowest BCUT2D eigenvalue weighted by atomic mass is 9.89. The lowest BCUT2D eigenvalue weighted by molar-refractivity contribution is 0.0647. The Labute approximate surface area is 103 Å². The number of halogens is 2. The fourth-order valence-corrected chi connectivity index (χ4v) is 2.56. The monoisotopic (exact) mass is 287 g/mol. The fourth-order valence-electron chi connectivity index (χ4n) is 2.14. The molecule has 0 spiro atoms. The molecule has 0 fully saturated rings. The number of rotatable bonds is 1. The van der Waals surface area contributed by atoms with Gasteiger partial charge in [-0.25, -0.2) is 4.39 Å². The molecule has 2 nitrogen and oxygen atoms in total. The molecule has 0 amide bonds. The minimum absolute atomic E-state index is 0.00347. The first kappa shape index (κ1) is 11.9. The van der Waals surface area contributed by atoms with Crippen LogP contribution in [-0.4, -0.2) is 12.6 Å². The molecule has 4 heteroatoms. The number of nitrogens with one attached hydrogen (secondary N) is 1. The maximum absolute atomic E-state index is 13.8. The Morgan fingerprint density at radius 2 is 2.19 bits per heavy atom. The zero-order valence-corrected chi connectivity index (χ0v) is 11.2. The number of ether oxygens (including phenoxy) is 1. The third kappa shape index (κ3) is 1.96. The normalized spacial score (nSPS) is 22.4. The molecule has 0 aromatic heterocycles. The van der Waals surface area contributed by atoms with Crippen molar-refractivity contribution in [2.24, 2.45) is 0 Å². The van der Waals surface area contributed by atoms with E-state index in [0.29, 0.717) is 11.3 Å². The maximum Gasteiger partial charge on any atom is 0.142 e. The highest BCUT2D eigenvalue weighted by Crippen LogP contribution is 2.44. The molecule has 1 heterocycles. The molecule has 0 saturated heterocycles. The first-order chi connectivity index (χ1) is 7.44. The van der Waals surface area contributed by atoms with Crippen molar-refractivity contribution in [1.29, 1.82) is 0 Å². The standard InChI is InChI=1S/C12H15BrFNO/c1-12(2)6-9(15-3)10-8(14)5-4-7(13)11(10)16-12/h4-5,9,15H,6H2,1-3H3. The van der Waals surface area contributed by atoms with Gasteiger partial charge in [-0.1, -0.05) is 0 Å². The van der Waals surface area contributed by atoms with E-state index in [-0.39, 0.29) is 17.5 Å². The van der Waals surface area contributed by atoms with Crippen LogP contribution >= 0.6 is 15.9 Å². The highest BCUT2D eigenvalue weighted by atomic mass is 79.9. The van der Waals surface area contributed by atoms with Gasteiger partial charge in [-0.05, 0) is 49.0 Å². The van der Waals surface area contributed by atoms with Crippen molar-refractivity contribution in [2.45, 2.75) is 31.9 Å². The van der Waals surface area contributed by atoms with Crippen LogP contribution in [0.1, 0.15) is 31.9 Å². The molecule has 88 valence electrons. The van der Waals surface area contributed by atoms with Gasteiger partial charge in [0.15, 0.2) is 0 Å². The second-order valence-corrected chi connectivity index (χ2v) is 5.53. The van der Waals surface area contributed by atoms with E-state index in [1.165, 1.54) is 6.07 Å². The quantitative estimate of drug-likeness (QED) is 0.855. The number of hydrogen-bond donors (Lipinski definition) is 1. The summed E-state index contributed by atoms with van der Waals surface area (Å²) >= 11 is 3.41. The highest BCUT2D eigenvalue weighted by Gasteiger charge is 2.36. The molecule has 2 rings (SSSR count). The molecule has 1 aliphatic heterocycles. The summed E-state index contributed by atoms with van der Waals surface area (Å²) in [4.78, 5) is 0. The second-order valence-electron chi connectivity index (χ2n) is 4.68. The largest absolute Gasteiger partial charge is 0.486 e. The molecule has 1 aromatic rings. The van der Waals surface area contributed by atoms with Crippen molar-refractivity contribution in [3.05, 3.63) is 28.0 Å². The van der Waals surface area contributed by atoms with Crippen LogP contribution in [0.3, 0.4) is 0 Å². The smallest absolute Gasteiger partial charge is 0.142 e. The SMILES string of the molecule is CNC1CC(C)(C)Oc2c(Br)ccc(F)c21. The van der Waals surface area contributed by atoms with Crippen LogP contribution in [0.4, 0.5) is 4.39 Å². The van der Waals surface area contributed by atoms with Crippen molar-refractivity contribution in [2.75, 3.05) is 7.05 Å². The molecular formula is C12H15BrFNO. The summed E-state index contributed by atoms with van der Waals surface area (Å²) in [6.07, 6.45) is 0.754. The Morgan fingerprint density at radius 3 is 2.81 bits per heavy atom. The molecule has 16 heavy (non-hydrogen) atoms. The summed E-state index contributed by atoms with van der Waals surface area (Å²) in [5.41, 5.74) is 0.341. The summed E-state index contributed by atoms with van der Waals surface area (Å²) in [5, 5.41) is 3.14. The van der Waals surface area contributed by atoms with E-state index in [0.717, 1.165) is 10.9 Å². The third-order valence-corrected chi connectivity index (χ3v) is 3.49. The van der Waals surface area contributed by atoms with Gasteiger partial charge in [0, 0.05) is 18.0 Å². The summed E-state index contributed by atoms with van der Waals surface area (Å²) < 4.78 is 20.4. The Hall–Kier alpha value is -0.610. The maximum atomic E-state index is 13.8. The molecule has 0 bridgehead atoms. The van der Waals surface area contributed by atoms with Gasteiger partial charge < -0.3 is 10.1 Å². The van der Waals surface area contributed by atoms with E-state index in [1.807, 2.05) is 20.9 Å². The predicted molar refractivity (Wildman–Crippen MR) is 65.2 cm³/mol. The average molecular weight is 288 g/mol. The minimum atomic E-state index is -0.281. The van der Waals surface area contributed by atoms with Crippen LogP contribution in [0.25, 0.3) is 0 Å². The molecule has 0 saturated carbocycles. The zero-order valence-electron chi connectivity index (χ0n) is 9.60. The van der Waals surface area contributed by atoms with Crippen molar-refractivity contribution in [3.8, 4) is 5.75 Å². The zero-order chi connectivity index (χ0) is 11.9. The van der Waals surface area contributed by atoms with Gasteiger partial charge in [-0.2, -0.15) is 0 Å². The van der Waals surface area contributed by atoms with E-state index in [9.17, 15) is 4.39 Å². The van der Waals surface area contributed by atoms with Crippen LogP contribution in [0.5, 0.6) is 5.75 Å². The van der Waals surface area contributed by atoms with Gasteiger partial charge in [0.2, 0.25) is 0 Å². The first-order valence-corrected chi connectivity index (χ1v) is 6.08. The van der Waals surface area contributed by atoms with Crippen LogP contribution in [0, 0.1) is 5.82 Å². The van der Waals surface area contributed by atoms with Gasteiger partial charge in [-0.15, -0.1) is 0 Å². The highest BCUT2D eigenvalue weighted by molar-refractivity contribution is 9.10. The summed E-state index contributed by atoms with van der Waals surface area (Å²) in [5.74, 6) is 0.406. The van der Waals surface area contributed by atoms with Crippen molar-refractivity contribution < 1.29 is 9.13 Å². The first-order valence-electron chi connectivity index (χ1n) is 5.29.